The Morgan fingerprint density at radius 2 is 1.07 bits per heavy atom. The second-order valence-electron chi connectivity index (χ2n) is 17.9. The number of carbonyl (C=O) groups is 2. The maximum atomic E-state index is 13.0. The molecule has 2 aromatic heterocycles. The van der Waals surface area contributed by atoms with Crippen molar-refractivity contribution in [1.29, 1.82) is 0 Å². The molecule has 4 aliphatic heterocycles. The Hall–Kier alpha value is -7.40. The molecule has 0 bridgehead atoms. The largest absolute Gasteiger partial charge is 0.509 e. The smallest absolute Gasteiger partial charge is 0.506 e. The molecule has 6 heterocycles. The summed E-state index contributed by atoms with van der Waals surface area (Å²) >= 11 is 0. The molecule has 73 heavy (non-hydrogen) atoms. The van der Waals surface area contributed by atoms with Gasteiger partial charge in [-0.2, -0.15) is 0 Å². The summed E-state index contributed by atoms with van der Waals surface area (Å²) in [5.41, 5.74) is -0.934. The zero-order valence-electron chi connectivity index (χ0n) is 42.2. The predicted molar refractivity (Wildman–Crippen MR) is 264 cm³/mol. The van der Waals surface area contributed by atoms with Crippen LogP contribution in [0.2, 0.25) is 0 Å². The van der Waals surface area contributed by atoms with Crippen molar-refractivity contribution in [2.24, 2.45) is 22.1 Å². The Balaban J connectivity index is 0.000000264. The Morgan fingerprint density at radius 1 is 0.658 bits per heavy atom. The number of aryl methyl sites for hydroxylation is 2. The Bertz CT molecular complexity index is 2940. The highest BCUT2D eigenvalue weighted by Crippen LogP contribution is 2.46. The summed E-state index contributed by atoms with van der Waals surface area (Å²) in [4.78, 5) is 59.0. The molecule has 4 saturated heterocycles. The summed E-state index contributed by atoms with van der Waals surface area (Å²) in [7, 11) is 2.72. The van der Waals surface area contributed by atoms with Crippen molar-refractivity contribution < 1.29 is 86.8 Å². The van der Waals surface area contributed by atoms with E-state index >= 15 is 0 Å². The quantitative estimate of drug-likeness (QED) is 0.0421. The molecule has 4 aromatic rings. The minimum absolute atomic E-state index is 0. The van der Waals surface area contributed by atoms with Crippen LogP contribution in [0.4, 0.5) is 9.59 Å². The normalized spacial score (nSPS) is 27.2. The van der Waals surface area contributed by atoms with E-state index in [1.54, 1.807) is 63.3 Å². The van der Waals surface area contributed by atoms with E-state index in [1.807, 2.05) is 27.7 Å². The second-order valence-corrected chi connectivity index (χ2v) is 17.9. The summed E-state index contributed by atoms with van der Waals surface area (Å²) in [5, 5.41) is 19.1. The van der Waals surface area contributed by atoms with E-state index in [0.717, 1.165) is 0 Å². The lowest BCUT2D eigenvalue weighted by molar-refractivity contribution is -0.265. The standard InChI is InChI=1S/C27H31NO9.C24H27NO9.2H2O/c1-8-12-27(6)15(4)21-23(36-26(30)35-21)25(37-27)33-18-11-10-17-20(14(18)3)34-24(29)19(16(5)28-31-7)22(17)32-13-9-2;1-7-10-24(5)12(3)19-20(33-23(28)32-19)22(34-24)30-15-9-8-14-17(26)16(13(4)25-29-6)21(27)31-18(14)11(15)2;;/h8-11,15,21,23,25H,1-2,12-13H2,3-7H3;7-9,12,19-20,22,26H,1,10H2,2-6H3;2*1H2/b28-16+;25-13+;;/t15?,21?,23?,25?,27-;12?,19?,20?,22?,24-;;/m00../s1. The number of oxime groups is 2. The van der Waals surface area contributed by atoms with Gasteiger partial charge < -0.3 is 77.2 Å². The highest BCUT2D eigenvalue weighted by atomic mass is 16.8. The van der Waals surface area contributed by atoms with Crippen LogP contribution >= 0.6 is 0 Å². The Morgan fingerprint density at radius 3 is 1.51 bits per heavy atom. The zero-order chi connectivity index (χ0) is 51.7. The monoisotopic (exact) mass is 1020 g/mol. The summed E-state index contributed by atoms with van der Waals surface area (Å²) in [6, 6.07) is 6.60. The van der Waals surface area contributed by atoms with E-state index in [9.17, 15) is 24.3 Å². The third-order valence-corrected chi connectivity index (χ3v) is 13.4. The van der Waals surface area contributed by atoms with Gasteiger partial charge in [-0.1, -0.05) is 49.0 Å². The van der Waals surface area contributed by atoms with Crippen molar-refractivity contribution in [1.82, 2.24) is 0 Å². The number of rotatable bonds is 15. The molecule has 396 valence electrons. The molecule has 22 heteroatoms. The topological polar surface area (TPSA) is 304 Å². The van der Waals surface area contributed by atoms with E-state index in [-0.39, 0.29) is 63.1 Å². The number of nitrogens with zero attached hydrogens (tertiary/aromatic N) is 2. The molecule has 22 nitrogen and oxygen atoms in total. The highest BCUT2D eigenvalue weighted by Gasteiger charge is 2.59. The van der Waals surface area contributed by atoms with Crippen LogP contribution in [-0.2, 0) is 38.1 Å². The van der Waals surface area contributed by atoms with Gasteiger partial charge in [0, 0.05) is 23.0 Å². The van der Waals surface area contributed by atoms with Crippen LogP contribution in [0.25, 0.3) is 21.9 Å². The molecule has 10 atom stereocenters. The fourth-order valence-corrected chi connectivity index (χ4v) is 9.28. The molecule has 5 N–H and O–H groups in total. The lowest BCUT2D eigenvalue weighted by Gasteiger charge is -2.46. The first-order valence-electron chi connectivity index (χ1n) is 22.7. The van der Waals surface area contributed by atoms with Gasteiger partial charge in [0.2, 0.25) is 24.8 Å². The third-order valence-electron chi connectivity index (χ3n) is 13.4. The van der Waals surface area contributed by atoms with Crippen LogP contribution in [-0.4, -0.2) is 109 Å². The van der Waals surface area contributed by atoms with Gasteiger partial charge in [-0.15, -0.1) is 13.2 Å². The molecule has 4 fully saturated rings. The lowest BCUT2D eigenvalue weighted by Crippen LogP contribution is -2.59. The second kappa shape index (κ2) is 22.6. The molecule has 0 radical (unpaired) electrons. The minimum Gasteiger partial charge on any atom is -0.506 e. The van der Waals surface area contributed by atoms with E-state index < -0.39 is 71.8 Å². The van der Waals surface area contributed by atoms with Crippen LogP contribution in [0.5, 0.6) is 23.0 Å². The zero-order valence-corrected chi connectivity index (χ0v) is 42.2. The maximum Gasteiger partial charge on any atom is 0.509 e. The molecule has 8 unspecified atom stereocenters. The van der Waals surface area contributed by atoms with Crippen molar-refractivity contribution in [3.63, 3.8) is 0 Å². The third kappa shape index (κ3) is 10.6. The molecule has 0 spiro atoms. The van der Waals surface area contributed by atoms with E-state index in [4.69, 9.17) is 61.1 Å². The van der Waals surface area contributed by atoms with Gasteiger partial charge in [-0.25, -0.2) is 19.2 Å². The number of hydrogen-bond acceptors (Lipinski definition) is 20. The van der Waals surface area contributed by atoms with E-state index in [0.29, 0.717) is 57.7 Å². The summed E-state index contributed by atoms with van der Waals surface area (Å²) in [6.07, 6.45) is -0.123. The molecule has 2 aromatic carbocycles. The maximum absolute atomic E-state index is 13.0. The average molecular weight is 1020 g/mol. The predicted octanol–water partition coefficient (Wildman–Crippen LogP) is 6.78. The number of carbonyl (C=O) groups excluding carboxylic acids is 2. The van der Waals surface area contributed by atoms with Gasteiger partial charge in [0.1, 0.15) is 66.1 Å². The van der Waals surface area contributed by atoms with Crippen molar-refractivity contribution in [3.8, 4) is 23.0 Å². The number of ether oxygens (including phenoxy) is 9. The van der Waals surface area contributed by atoms with Crippen molar-refractivity contribution >= 4 is 45.7 Å². The molecule has 8 rings (SSSR count). The fourth-order valence-electron chi connectivity index (χ4n) is 9.28. The van der Waals surface area contributed by atoms with E-state index in [1.165, 1.54) is 21.1 Å². The van der Waals surface area contributed by atoms with Crippen LogP contribution in [0.15, 0.2) is 91.0 Å². The number of benzene rings is 2. The Labute approximate surface area is 419 Å². The van der Waals surface area contributed by atoms with Crippen molar-refractivity contribution in [2.75, 3.05) is 20.8 Å². The molecule has 0 aliphatic carbocycles. The average Bonchev–Trinajstić information content (AvgIpc) is 3.91. The fraction of sp³-hybridized carbons (Fsp3) is 0.451. The van der Waals surface area contributed by atoms with Gasteiger partial charge in [-0.3, -0.25) is 0 Å². The number of fused-ring (bicyclic) bond motifs is 4. The van der Waals surface area contributed by atoms with E-state index in [2.05, 4.69) is 30.0 Å². The molecule has 0 saturated carbocycles. The first kappa shape index (κ1) is 56.5. The molecule has 4 aliphatic rings. The van der Waals surface area contributed by atoms with Crippen LogP contribution in [0.1, 0.15) is 76.6 Å². The Kier molecular flexibility index (Phi) is 17.5. The molecular formula is C51H62N2O20. The molecule has 0 amide bonds. The summed E-state index contributed by atoms with van der Waals surface area (Å²) in [6.45, 7) is 25.7. The van der Waals surface area contributed by atoms with Crippen LogP contribution < -0.4 is 25.5 Å². The summed E-state index contributed by atoms with van der Waals surface area (Å²) in [5.74, 6) is 0.370. The van der Waals surface area contributed by atoms with Crippen LogP contribution in [0, 0.1) is 25.7 Å². The molecular weight excluding hydrogens is 961 g/mol. The summed E-state index contributed by atoms with van der Waals surface area (Å²) < 4.78 is 63.7. The van der Waals surface area contributed by atoms with Gasteiger partial charge in [-0.05, 0) is 78.6 Å². The SMILES string of the molecule is C=CCOc1c(/C(C)=N/OC)c(=O)oc2c(C)c(OC3O[C@@](C)(CC=C)C(C)C4OC(=O)OC34)ccc12.C=CC[C@]1(C)OC(Oc2ccc3c(O)c(/C(C)=N/OC)c(=O)oc3c2C)C2OC(=O)OC2C1C.O.O. The van der Waals surface area contributed by atoms with Gasteiger partial charge in [0.05, 0.1) is 33.4 Å². The van der Waals surface area contributed by atoms with Gasteiger partial charge in [0.25, 0.3) is 0 Å². The number of hydrogen-bond donors (Lipinski definition) is 1. The van der Waals surface area contributed by atoms with Crippen LogP contribution in [0.3, 0.4) is 0 Å². The first-order chi connectivity index (χ1) is 33.8. The minimum atomic E-state index is -0.982. The highest BCUT2D eigenvalue weighted by molar-refractivity contribution is 6.06. The lowest BCUT2D eigenvalue weighted by atomic mass is 9.79. The van der Waals surface area contributed by atoms with Crippen molar-refractivity contribution in [2.45, 2.75) is 116 Å². The van der Waals surface area contributed by atoms with Gasteiger partial charge in [0.15, 0.2) is 12.2 Å². The number of aromatic hydroxyl groups is 1. The first-order valence-corrected chi connectivity index (χ1v) is 22.7. The van der Waals surface area contributed by atoms with Gasteiger partial charge >= 0.3 is 23.6 Å². The van der Waals surface area contributed by atoms with Crippen molar-refractivity contribution in [3.05, 3.63) is 105 Å².